The van der Waals surface area contributed by atoms with Gasteiger partial charge in [0.1, 0.15) is 5.69 Å². The first-order valence-electron chi connectivity index (χ1n) is 6.45. The van der Waals surface area contributed by atoms with E-state index >= 15 is 0 Å². The van der Waals surface area contributed by atoms with Crippen molar-refractivity contribution in [2.24, 2.45) is 0 Å². The molecule has 0 radical (unpaired) electrons. The predicted molar refractivity (Wildman–Crippen MR) is 79.9 cm³/mol. The molecule has 0 unspecified atom stereocenters. The molecule has 0 saturated carbocycles. The highest BCUT2D eigenvalue weighted by Crippen LogP contribution is 2.26. The number of nitrogens with zero attached hydrogens (tertiary/aromatic N) is 1. The lowest BCUT2D eigenvalue weighted by molar-refractivity contribution is 0.0948. The van der Waals surface area contributed by atoms with Gasteiger partial charge < -0.3 is 10.6 Å². The molecule has 0 fully saturated rings. The van der Waals surface area contributed by atoms with Gasteiger partial charge in [0.05, 0.1) is 10.7 Å². The third kappa shape index (κ3) is 3.59. The van der Waals surface area contributed by atoms with Crippen LogP contribution in [0.3, 0.4) is 0 Å². The molecule has 5 nitrogen and oxygen atoms in total. The molecule has 0 atom stereocenters. The Hall–Kier alpha value is -1.85. The molecule has 2 rings (SSSR count). The summed E-state index contributed by atoms with van der Waals surface area (Å²) in [4.78, 5) is 11.9. The second-order valence-electron chi connectivity index (χ2n) is 4.36. The van der Waals surface area contributed by atoms with E-state index in [1.807, 2.05) is 25.2 Å². The molecule has 3 N–H and O–H groups in total. The zero-order valence-electron chi connectivity index (χ0n) is 11.2. The molecule has 0 aliphatic carbocycles. The van der Waals surface area contributed by atoms with Crippen LogP contribution in [-0.2, 0) is 0 Å². The molecule has 0 spiro atoms. The normalized spacial score (nSPS) is 10.5. The van der Waals surface area contributed by atoms with E-state index in [-0.39, 0.29) is 5.91 Å². The summed E-state index contributed by atoms with van der Waals surface area (Å²) in [7, 11) is 1.88. The number of carbonyl (C=O) groups is 1. The summed E-state index contributed by atoms with van der Waals surface area (Å²) >= 11 is 6.10. The van der Waals surface area contributed by atoms with E-state index in [9.17, 15) is 4.79 Å². The highest BCUT2D eigenvalue weighted by molar-refractivity contribution is 6.33. The third-order valence-corrected chi connectivity index (χ3v) is 3.19. The van der Waals surface area contributed by atoms with Gasteiger partial charge in [-0.05, 0) is 32.1 Å². The summed E-state index contributed by atoms with van der Waals surface area (Å²) in [6.45, 7) is 1.49. The maximum absolute atomic E-state index is 11.9. The first kappa shape index (κ1) is 14.6. The third-order valence-electron chi connectivity index (χ3n) is 2.86. The second kappa shape index (κ2) is 7.07. The van der Waals surface area contributed by atoms with Crippen LogP contribution in [0.5, 0.6) is 0 Å². The fourth-order valence-electron chi connectivity index (χ4n) is 1.81. The average molecular weight is 293 g/mol. The quantitative estimate of drug-likeness (QED) is 0.714. The Balaban J connectivity index is 2.02. The Bertz CT molecular complexity index is 582. The van der Waals surface area contributed by atoms with Crippen LogP contribution in [0.2, 0.25) is 5.02 Å². The van der Waals surface area contributed by atoms with Gasteiger partial charge in [-0.2, -0.15) is 5.10 Å². The van der Waals surface area contributed by atoms with Gasteiger partial charge in [-0.25, -0.2) is 0 Å². The number of hydrogen-bond donors (Lipinski definition) is 3. The van der Waals surface area contributed by atoms with Crippen LogP contribution < -0.4 is 10.6 Å². The van der Waals surface area contributed by atoms with Crippen molar-refractivity contribution >= 4 is 17.5 Å². The Morgan fingerprint density at radius 3 is 2.90 bits per heavy atom. The highest BCUT2D eigenvalue weighted by Gasteiger charge is 2.11. The maximum Gasteiger partial charge on any atom is 0.269 e. The molecule has 6 heteroatoms. The monoisotopic (exact) mass is 292 g/mol. The van der Waals surface area contributed by atoms with E-state index in [1.165, 1.54) is 0 Å². The molecular weight excluding hydrogens is 276 g/mol. The standard InChI is InChI=1S/C14H17ClN4O/c1-16-7-4-8-17-14(20)13-9-12(18-19-13)10-5-2-3-6-11(10)15/h2-3,5-6,9,16H,4,7-8H2,1H3,(H,17,20)(H,18,19). The lowest BCUT2D eigenvalue weighted by Crippen LogP contribution is -2.26. The van der Waals surface area contributed by atoms with Crippen molar-refractivity contribution in [1.29, 1.82) is 0 Å². The molecular formula is C14H17ClN4O. The van der Waals surface area contributed by atoms with Crippen molar-refractivity contribution in [3.8, 4) is 11.3 Å². The summed E-state index contributed by atoms with van der Waals surface area (Å²) < 4.78 is 0. The number of aromatic amines is 1. The van der Waals surface area contributed by atoms with Crippen LogP contribution in [0.15, 0.2) is 30.3 Å². The first-order valence-corrected chi connectivity index (χ1v) is 6.83. The van der Waals surface area contributed by atoms with Crippen LogP contribution in [-0.4, -0.2) is 36.2 Å². The fraction of sp³-hybridized carbons (Fsp3) is 0.286. The second-order valence-corrected chi connectivity index (χ2v) is 4.77. The van der Waals surface area contributed by atoms with Crippen LogP contribution in [0.4, 0.5) is 0 Å². The summed E-state index contributed by atoms with van der Waals surface area (Å²) in [5.74, 6) is -0.160. The largest absolute Gasteiger partial charge is 0.351 e. The molecule has 0 saturated heterocycles. The van der Waals surface area contributed by atoms with Gasteiger partial charge >= 0.3 is 0 Å². The Kier molecular flexibility index (Phi) is 5.15. The Morgan fingerprint density at radius 1 is 1.35 bits per heavy atom. The number of aromatic nitrogens is 2. The van der Waals surface area contributed by atoms with Crippen molar-refractivity contribution in [2.45, 2.75) is 6.42 Å². The van der Waals surface area contributed by atoms with Crippen LogP contribution in [0.1, 0.15) is 16.9 Å². The molecule has 0 bridgehead atoms. The number of benzene rings is 1. The van der Waals surface area contributed by atoms with Gasteiger partial charge in [0.25, 0.3) is 5.91 Å². The van der Waals surface area contributed by atoms with Gasteiger partial charge in [0.2, 0.25) is 0 Å². The number of rotatable bonds is 6. The molecule has 1 aromatic carbocycles. The predicted octanol–water partition coefficient (Wildman–Crippen LogP) is 2.07. The van der Waals surface area contributed by atoms with Gasteiger partial charge in [-0.3, -0.25) is 9.89 Å². The molecule has 0 aliphatic heterocycles. The van der Waals surface area contributed by atoms with Crippen LogP contribution in [0, 0.1) is 0 Å². The molecule has 20 heavy (non-hydrogen) atoms. The molecule has 1 amide bonds. The number of amides is 1. The minimum Gasteiger partial charge on any atom is -0.351 e. The summed E-state index contributed by atoms with van der Waals surface area (Å²) in [5, 5.41) is 13.3. The zero-order chi connectivity index (χ0) is 14.4. The average Bonchev–Trinajstić information content (AvgIpc) is 2.93. The number of H-pyrrole nitrogens is 1. The van der Waals surface area contributed by atoms with Crippen LogP contribution in [0.25, 0.3) is 11.3 Å². The van der Waals surface area contributed by atoms with E-state index in [0.717, 1.165) is 18.5 Å². The topological polar surface area (TPSA) is 69.8 Å². The molecule has 106 valence electrons. The Labute approximate surface area is 122 Å². The molecule has 2 aromatic rings. The lowest BCUT2D eigenvalue weighted by atomic mass is 10.1. The van der Waals surface area contributed by atoms with Crippen molar-refractivity contribution in [3.63, 3.8) is 0 Å². The zero-order valence-corrected chi connectivity index (χ0v) is 12.0. The molecule has 1 heterocycles. The lowest BCUT2D eigenvalue weighted by Gasteiger charge is -2.02. The minimum absolute atomic E-state index is 0.160. The number of nitrogens with one attached hydrogen (secondary N) is 3. The summed E-state index contributed by atoms with van der Waals surface area (Å²) in [6, 6.07) is 9.10. The summed E-state index contributed by atoms with van der Waals surface area (Å²) in [6.07, 6.45) is 0.883. The van der Waals surface area contributed by atoms with E-state index in [1.54, 1.807) is 12.1 Å². The van der Waals surface area contributed by atoms with Crippen molar-refractivity contribution in [3.05, 3.63) is 41.0 Å². The number of hydrogen-bond acceptors (Lipinski definition) is 3. The minimum atomic E-state index is -0.160. The smallest absolute Gasteiger partial charge is 0.269 e. The number of halogens is 1. The van der Waals surface area contributed by atoms with Gasteiger partial charge in [-0.1, -0.05) is 29.8 Å². The van der Waals surface area contributed by atoms with Crippen molar-refractivity contribution in [2.75, 3.05) is 20.1 Å². The maximum atomic E-state index is 11.9. The van der Waals surface area contributed by atoms with Crippen molar-refractivity contribution < 1.29 is 4.79 Å². The van der Waals surface area contributed by atoms with E-state index in [2.05, 4.69) is 20.8 Å². The fourth-order valence-corrected chi connectivity index (χ4v) is 2.04. The summed E-state index contributed by atoms with van der Waals surface area (Å²) in [5.41, 5.74) is 1.90. The van der Waals surface area contributed by atoms with E-state index in [4.69, 9.17) is 11.6 Å². The van der Waals surface area contributed by atoms with Gasteiger partial charge in [-0.15, -0.1) is 0 Å². The number of carbonyl (C=O) groups excluding carboxylic acids is 1. The Morgan fingerprint density at radius 2 is 2.15 bits per heavy atom. The van der Waals surface area contributed by atoms with Crippen LogP contribution >= 0.6 is 11.6 Å². The SMILES string of the molecule is CNCCCNC(=O)c1cc(-c2ccccc2Cl)n[nH]1. The first-order chi connectivity index (χ1) is 9.72. The van der Waals surface area contributed by atoms with E-state index < -0.39 is 0 Å². The van der Waals surface area contributed by atoms with Gasteiger partial charge in [0, 0.05) is 12.1 Å². The molecule has 0 aliphatic rings. The highest BCUT2D eigenvalue weighted by atomic mass is 35.5. The van der Waals surface area contributed by atoms with Crippen molar-refractivity contribution in [1.82, 2.24) is 20.8 Å². The van der Waals surface area contributed by atoms with E-state index in [0.29, 0.717) is 23.0 Å². The van der Waals surface area contributed by atoms with Gasteiger partial charge in [0.15, 0.2) is 0 Å². The molecule has 1 aromatic heterocycles.